The lowest BCUT2D eigenvalue weighted by atomic mass is 9.89. The minimum absolute atomic E-state index is 0.0251. The molecule has 5 rings (SSSR count). The van der Waals surface area contributed by atoms with E-state index in [1.54, 1.807) is 4.57 Å². The second-order valence-electron chi connectivity index (χ2n) is 8.64. The van der Waals surface area contributed by atoms with Crippen molar-refractivity contribution in [2.75, 3.05) is 31.6 Å². The maximum atomic E-state index is 15.4. The van der Waals surface area contributed by atoms with Crippen molar-refractivity contribution in [1.82, 2.24) is 9.88 Å². The van der Waals surface area contributed by atoms with Crippen LogP contribution in [-0.4, -0.2) is 48.0 Å². The first kappa shape index (κ1) is 19.3. The Bertz CT molecular complexity index is 1110. The number of carboxylic acid groups (broad SMARTS) is 1. The third-order valence-electron chi connectivity index (χ3n) is 6.69. The van der Waals surface area contributed by atoms with E-state index in [1.165, 1.54) is 13.3 Å². The summed E-state index contributed by atoms with van der Waals surface area (Å²) in [7, 11) is 1.45. The molecule has 1 saturated carbocycles. The fraction of sp³-hybridized carbons (Fsp3) is 0.524. The first-order chi connectivity index (χ1) is 14.3. The summed E-state index contributed by atoms with van der Waals surface area (Å²) in [5.41, 5.74) is 5.65. The van der Waals surface area contributed by atoms with Gasteiger partial charge in [-0.05, 0) is 38.3 Å². The number of nitrogens with two attached hydrogens (primary N) is 1. The molecule has 0 unspecified atom stereocenters. The quantitative estimate of drug-likeness (QED) is 0.695. The van der Waals surface area contributed by atoms with Crippen molar-refractivity contribution in [1.29, 1.82) is 0 Å². The van der Waals surface area contributed by atoms with Gasteiger partial charge in [-0.3, -0.25) is 10.1 Å². The molecule has 0 amide bonds. The maximum Gasteiger partial charge on any atom is 0.341 e. The Morgan fingerprint density at radius 3 is 2.80 bits per heavy atom. The van der Waals surface area contributed by atoms with Crippen molar-refractivity contribution in [3.05, 3.63) is 33.9 Å². The monoisotopic (exact) mass is 416 g/mol. The maximum absolute atomic E-state index is 15.4. The molecule has 2 aromatic rings. The number of nitrogens with zero attached hydrogens (tertiary/aromatic N) is 2. The Hall–Kier alpha value is -2.65. The van der Waals surface area contributed by atoms with Crippen molar-refractivity contribution < 1.29 is 19.0 Å². The van der Waals surface area contributed by atoms with E-state index in [9.17, 15) is 14.7 Å². The number of benzene rings is 1. The van der Waals surface area contributed by atoms with Crippen LogP contribution in [0.2, 0.25) is 0 Å². The van der Waals surface area contributed by atoms with Crippen LogP contribution in [0.3, 0.4) is 0 Å². The fourth-order valence-corrected chi connectivity index (χ4v) is 5.05. The van der Waals surface area contributed by atoms with E-state index < -0.39 is 22.9 Å². The summed E-state index contributed by atoms with van der Waals surface area (Å²) in [6, 6.07) is 1.22. The van der Waals surface area contributed by atoms with Gasteiger partial charge in [0.2, 0.25) is 5.43 Å². The smallest absolute Gasteiger partial charge is 0.341 e. The zero-order valence-electron chi connectivity index (χ0n) is 16.8. The summed E-state index contributed by atoms with van der Waals surface area (Å²) < 4.78 is 22.8. The normalized spacial score (nSPS) is 26.1. The Morgan fingerprint density at radius 1 is 1.40 bits per heavy atom. The van der Waals surface area contributed by atoms with Crippen molar-refractivity contribution in [2.45, 2.75) is 37.4 Å². The number of piperidine rings is 1. The van der Waals surface area contributed by atoms with Gasteiger partial charge in [-0.25, -0.2) is 9.18 Å². The molecule has 1 aliphatic carbocycles. The van der Waals surface area contributed by atoms with Crippen LogP contribution in [-0.2, 0) is 0 Å². The van der Waals surface area contributed by atoms with Crippen LogP contribution in [0, 0.1) is 11.7 Å². The Kier molecular flexibility index (Phi) is 4.30. The Morgan fingerprint density at radius 2 is 2.17 bits per heavy atom. The van der Waals surface area contributed by atoms with E-state index in [1.807, 2.05) is 4.90 Å². The number of halogens is 1. The standard InChI is InChI=1S/C21H25FN4O4/c1-30-19-16-13(18(27)14(20(28)29)9-26(16)12-4-5-12)7-15(22)17(19)25-8-11-3-2-6-24-21(11,23)10-25/h7,9,11-12,24H,2-6,8,10,23H2,1H3,(H,28,29)/t11-,21+/m0/s1. The molecule has 1 aromatic carbocycles. The molecule has 0 bridgehead atoms. The molecule has 0 radical (unpaired) electrons. The minimum atomic E-state index is -1.32. The van der Waals surface area contributed by atoms with Gasteiger partial charge in [0.1, 0.15) is 11.3 Å². The molecule has 0 spiro atoms. The molecular formula is C21H25FN4O4. The number of ether oxygens (including phenoxy) is 1. The van der Waals surface area contributed by atoms with Crippen LogP contribution >= 0.6 is 0 Å². The summed E-state index contributed by atoms with van der Waals surface area (Å²) in [5, 5.41) is 12.9. The number of carboxylic acids is 1. The minimum Gasteiger partial charge on any atom is -0.492 e. The number of fused-ring (bicyclic) bond motifs is 2. The van der Waals surface area contributed by atoms with Crippen molar-refractivity contribution in [2.24, 2.45) is 11.7 Å². The molecule has 3 fully saturated rings. The largest absolute Gasteiger partial charge is 0.492 e. The predicted octanol–water partition coefficient (Wildman–Crippen LogP) is 1.66. The number of aromatic carboxylic acids is 1. The average molecular weight is 416 g/mol. The lowest BCUT2D eigenvalue weighted by Crippen LogP contribution is -2.62. The van der Waals surface area contributed by atoms with Gasteiger partial charge in [0.15, 0.2) is 11.6 Å². The Labute approximate surface area is 172 Å². The molecule has 3 heterocycles. The highest BCUT2D eigenvalue weighted by Crippen LogP contribution is 2.45. The molecule has 160 valence electrons. The molecule has 2 aliphatic heterocycles. The molecule has 3 aliphatic rings. The highest BCUT2D eigenvalue weighted by atomic mass is 19.1. The fourth-order valence-electron chi connectivity index (χ4n) is 5.05. The number of hydrogen-bond acceptors (Lipinski definition) is 6. The number of hydrogen-bond donors (Lipinski definition) is 3. The Balaban J connectivity index is 1.74. The van der Waals surface area contributed by atoms with Gasteiger partial charge in [0.05, 0.1) is 23.7 Å². The third-order valence-corrected chi connectivity index (χ3v) is 6.69. The van der Waals surface area contributed by atoms with Crippen LogP contribution in [0.4, 0.5) is 10.1 Å². The van der Waals surface area contributed by atoms with Gasteiger partial charge in [0.25, 0.3) is 0 Å². The zero-order chi connectivity index (χ0) is 21.2. The highest BCUT2D eigenvalue weighted by molar-refractivity contribution is 5.97. The van der Waals surface area contributed by atoms with Crippen LogP contribution in [0.5, 0.6) is 5.75 Å². The van der Waals surface area contributed by atoms with Gasteiger partial charge in [-0.2, -0.15) is 0 Å². The average Bonchev–Trinajstić information content (AvgIpc) is 3.48. The summed E-state index contributed by atoms with van der Waals surface area (Å²) in [4.78, 5) is 26.3. The first-order valence-electron chi connectivity index (χ1n) is 10.3. The topological polar surface area (TPSA) is 110 Å². The van der Waals surface area contributed by atoms with E-state index in [-0.39, 0.29) is 34.3 Å². The molecule has 2 saturated heterocycles. The van der Waals surface area contributed by atoms with E-state index in [2.05, 4.69) is 5.32 Å². The van der Waals surface area contributed by atoms with Gasteiger partial charge >= 0.3 is 5.97 Å². The van der Waals surface area contributed by atoms with Gasteiger partial charge in [-0.15, -0.1) is 0 Å². The number of aromatic nitrogens is 1. The molecule has 30 heavy (non-hydrogen) atoms. The van der Waals surface area contributed by atoms with Crippen LogP contribution in [0.25, 0.3) is 10.9 Å². The zero-order valence-corrected chi connectivity index (χ0v) is 16.8. The number of methoxy groups -OCH3 is 1. The molecule has 4 N–H and O–H groups in total. The predicted molar refractivity (Wildman–Crippen MR) is 110 cm³/mol. The first-order valence-corrected chi connectivity index (χ1v) is 10.3. The van der Waals surface area contributed by atoms with Gasteiger partial charge in [-0.1, -0.05) is 0 Å². The lowest BCUT2D eigenvalue weighted by molar-refractivity contribution is 0.0695. The SMILES string of the molecule is COc1c(N2C[C@@H]3CCCN[C@]3(N)C2)c(F)cc2c(=O)c(C(=O)O)cn(C3CC3)c12. The molecule has 2 atom stereocenters. The summed E-state index contributed by atoms with van der Waals surface area (Å²) in [6.07, 6.45) is 5.09. The van der Waals surface area contributed by atoms with E-state index >= 15 is 4.39 Å². The second-order valence-corrected chi connectivity index (χ2v) is 8.64. The van der Waals surface area contributed by atoms with E-state index in [0.29, 0.717) is 18.6 Å². The summed E-state index contributed by atoms with van der Waals surface area (Å²) in [5.74, 6) is -1.48. The van der Waals surface area contributed by atoms with E-state index in [4.69, 9.17) is 10.5 Å². The van der Waals surface area contributed by atoms with Gasteiger partial charge in [0, 0.05) is 31.2 Å². The third kappa shape index (κ3) is 2.79. The van der Waals surface area contributed by atoms with Crippen molar-refractivity contribution >= 4 is 22.6 Å². The summed E-state index contributed by atoms with van der Waals surface area (Å²) in [6.45, 7) is 1.85. The second kappa shape index (κ2) is 6.68. The number of nitrogens with one attached hydrogen (secondary N) is 1. The van der Waals surface area contributed by atoms with Crippen LogP contribution < -0.4 is 26.1 Å². The van der Waals surface area contributed by atoms with Crippen molar-refractivity contribution in [3.8, 4) is 5.75 Å². The lowest BCUT2D eigenvalue weighted by Gasteiger charge is -2.35. The molecule has 9 heteroatoms. The van der Waals surface area contributed by atoms with Crippen molar-refractivity contribution in [3.63, 3.8) is 0 Å². The van der Waals surface area contributed by atoms with Gasteiger partial charge < -0.3 is 25.0 Å². The number of carbonyl (C=O) groups is 1. The van der Waals surface area contributed by atoms with Crippen LogP contribution in [0.15, 0.2) is 17.1 Å². The van der Waals surface area contributed by atoms with E-state index in [0.717, 1.165) is 38.3 Å². The molecule has 1 aromatic heterocycles. The number of pyridine rings is 1. The molecular weight excluding hydrogens is 391 g/mol. The number of anilines is 1. The van der Waals surface area contributed by atoms with Crippen LogP contribution in [0.1, 0.15) is 42.1 Å². The highest BCUT2D eigenvalue weighted by Gasteiger charge is 2.46. The number of rotatable bonds is 4. The molecule has 8 nitrogen and oxygen atoms in total. The summed E-state index contributed by atoms with van der Waals surface area (Å²) >= 11 is 0.